The van der Waals surface area contributed by atoms with E-state index in [1.165, 1.54) is 34.7 Å². The first-order valence-electron chi connectivity index (χ1n) is 9.14. The molecule has 0 atom stereocenters. The highest BCUT2D eigenvalue weighted by atomic mass is 32.1. The molecule has 26 heavy (non-hydrogen) atoms. The first-order valence-corrected chi connectivity index (χ1v) is 9.54. The smallest absolute Gasteiger partial charge is 0.269 e. The van der Waals surface area contributed by atoms with Crippen LogP contribution in [0.3, 0.4) is 0 Å². The molecule has 1 aromatic heterocycles. The highest BCUT2D eigenvalue weighted by Gasteiger charge is 2.19. The Morgan fingerprint density at radius 2 is 1.92 bits per heavy atom. The van der Waals surface area contributed by atoms with Gasteiger partial charge < -0.3 is 9.47 Å². The second kappa shape index (κ2) is 8.05. The van der Waals surface area contributed by atoms with Crippen molar-refractivity contribution in [3.8, 4) is 11.4 Å². The lowest BCUT2D eigenvalue weighted by Crippen LogP contribution is -3.05. The van der Waals surface area contributed by atoms with Crippen LogP contribution in [-0.4, -0.2) is 35.1 Å². The summed E-state index contributed by atoms with van der Waals surface area (Å²) in [7, 11) is 4.31. The van der Waals surface area contributed by atoms with E-state index in [-0.39, 0.29) is 10.6 Å². The van der Waals surface area contributed by atoms with Gasteiger partial charge in [0.25, 0.3) is 5.69 Å². The Bertz CT molecular complexity index is 859. The fourth-order valence-corrected chi connectivity index (χ4v) is 3.86. The van der Waals surface area contributed by atoms with Gasteiger partial charge in [-0.2, -0.15) is 0 Å². The average Bonchev–Trinajstić information content (AvgIpc) is 2.63. The number of nitro groups is 1. The maximum Gasteiger partial charge on any atom is 0.269 e. The van der Waals surface area contributed by atoms with Gasteiger partial charge in [0.05, 0.1) is 25.6 Å². The molecule has 138 valence electrons. The monoisotopic (exact) mass is 373 g/mol. The normalized spacial score (nSPS) is 13.7. The molecule has 3 rings (SSSR count). The minimum atomic E-state index is -0.378. The third-order valence-electron chi connectivity index (χ3n) is 4.88. The molecule has 0 unspecified atom stereocenters. The molecule has 0 bridgehead atoms. The van der Waals surface area contributed by atoms with Crippen molar-refractivity contribution in [2.75, 3.05) is 20.6 Å². The summed E-state index contributed by atoms with van der Waals surface area (Å²) in [5.74, 6) is 0.833. The number of nitrogens with zero attached hydrogens (tertiary/aromatic N) is 3. The van der Waals surface area contributed by atoms with Gasteiger partial charge in [-0.05, 0) is 37.8 Å². The van der Waals surface area contributed by atoms with Crippen LogP contribution < -0.4 is 4.90 Å². The second-order valence-corrected chi connectivity index (χ2v) is 7.53. The van der Waals surface area contributed by atoms with Crippen molar-refractivity contribution < 1.29 is 9.82 Å². The summed E-state index contributed by atoms with van der Waals surface area (Å²) in [6, 6.07) is 6.62. The van der Waals surface area contributed by atoms with E-state index in [1.54, 1.807) is 12.1 Å². The SMILES string of the molecule is C[NH+](C)CCCn1c(-c2ccc([N+](=O)[O-])cc2)nc(=S)c2c1CCCC2. The molecule has 1 aliphatic rings. The number of nitrogens with one attached hydrogen (secondary N) is 1. The van der Waals surface area contributed by atoms with Crippen molar-refractivity contribution in [3.63, 3.8) is 0 Å². The fourth-order valence-electron chi connectivity index (χ4n) is 3.55. The lowest BCUT2D eigenvalue weighted by molar-refractivity contribution is -0.858. The number of benzene rings is 1. The number of nitro benzene ring substituents is 1. The van der Waals surface area contributed by atoms with Crippen LogP contribution in [0.2, 0.25) is 0 Å². The third kappa shape index (κ3) is 3.99. The van der Waals surface area contributed by atoms with Crippen LogP contribution in [0.15, 0.2) is 24.3 Å². The molecule has 0 radical (unpaired) electrons. The molecule has 1 aromatic carbocycles. The Hall–Kier alpha value is -2.12. The van der Waals surface area contributed by atoms with Crippen LogP contribution in [0.4, 0.5) is 5.69 Å². The highest BCUT2D eigenvalue weighted by Crippen LogP contribution is 2.28. The van der Waals surface area contributed by atoms with E-state index in [1.807, 2.05) is 0 Å². The predicted molar refractivity (Wildman–Crippen MR) is 104 cm³/mol. The van der Waals surface area contributed by atoms with Gasteiger partial charge in [0, 0.05) is 41.9 Å². The first-order chi connectivity index (χ1) is 12.5. The summed E-state index contributed by atoms with van der Waals surface area (Å²) in [4.78, 5) is 16.7. The molecule has 1 aliphatic carbocycles. The molecule has 7 heteroatoms. The van der Waals surface area contributed by atoms with E-state index in [0.717, 1.165) is 50.2 Å². The van der Waals surface area contributed by atoms with Crippen LogP contribution >= 0.6 is 12.2 Å². The standard InChI is InChI=1S/C19H24N4O2S/c1-21(2)12-5-13-22-17-7-4-3-6-16(17)19(26)20-18(22)14-8-10-15(11-9-14)23(24)25/h8-11H,3-7,12-13H2,1-2H3/p+1. The quantitative estimate of drug-likeness (QED) is 0.480. The summed E-state index contributed by atoms with van der Waals surface area (Å²) >= 11 is 5.57. The van der Waals surface area contributed by atoms with Gasteiger partial charge in [0.2, 0.25) is 0 Å². The number of aromatic nitrogens is 2. The van der Waals surface area contributed by atoms with E-state index in [2.05, 4.69) is 18.7 Å². The number of quaternary nitrogens is 1. The number of fused-ring (bicyclic) bond motifs is 1. The average molecular weight is 374 g/mol. The first kappa shape index (κ1) is 18.7. The zero-order valence-electron chi connectivity index (χ0n) is 15.3. The molecule has 6 nitrogen and oxygen atoms in total. The number of hydrogen-bond acceptors (Lipinski definition) is 4. The molecule has 0 amide bonds. The van der Waals surface area contributed by atoms with Crippen LogP contribution in [-0.2, 0) is 19.4 Å². The minimum absolute atomic E-state index is 0.0908. The van der Waals surface area contributed by atoms with Gasteiger partial charge >= 0.3 is 0 Å². The second-order valence-electron chi connectivity index (χ2n) is 7.14. The topological polar surface area (TPSA) is 65.4 Å². The summed E-state index contributed by atoms with van der Waals surface area (Å²) in [6.07, 6.45) is 5.41. The van der Waals surface area contributed by atoms with Gasteiger partial charge in [-0.3, -0.25) is 10.1 Å². The molecular weight excluding hydrogens is 348 g/mol. The molecular formula is C19H25N4O2S+. The Kier molecular flexibility index (Phi) is 5.78. The molecule has 1 heterocycles. The van der Waals surface area contributed by atoms with E-state index in [4.69, 9.17) is 17.2 Å². The fraction of sp³-hybridized carbons (Fsp3) is 0.474. The molecule has 0 aliphatic heterocycles. The molecule has 0 fully saturated rings. The summed E-state index contributed by atoms with van der Waals surface area (Å²) < 4.78 is 2.98. The van der Waals surface area contributed by atoms with Gasteiger partial charge in [-0.25, -0.2) is 4.98 Å². The van der Waals surface area contributed by atoms with Crippen molar-refractivity contribution in [1.29, 1.82) is 0 Å². The van der Waals surface area contributed by atoms with Crippen molar-refractivity contribution in [3.05, 3.63) is 50.3 Å². The summed E-state index contributed by atoms with van der Waals surface area (Å²) in [5.41, 5.74) is 3.49. The third-order valence-corrected chi connectivity index (χ3v) is 5.22. The van der Waals surface area contributed by atoms with E-state index < -0.39 is 0 Å². The predicted octanol–water partition coefficient (Wildman–Crippen LogP) is 2.60. The van der Waals surface area contributed by atoms with Crippen LogP contribution in [0.25, 0.3) is 11.4 Å². The Morgan fingerprint density at radius 3 is 2.58 bits per heavy atom. The maximum absolute atomic E-state index is 10.9. The van der Waals surface area contributed by atoms with Crippen molar-refractivity contribution >= 4 is 17.9 Å². The lowest BCUT2D eigenvalue weighted by Gasteiger charge is -2.24. The minimum Gasteiger partial charge on any atom is -0.340 e. The van der Waals surface area contributed by atoms with E-state index >= 15 is 0 Å². The summed E-state index contributed by atoms with van der Waals surface area (Å²) in [6.45, 7) is 1.97. The molecule has 2 aromatic rings. The van der Waals surface area contributed by atoms with E-state index in [0.29, 0.717) is 4.64 Å². The Labute approximate surface area is 158 Å². The van der Waals surface area contributed by atoms with Gasteiger partial charge in [-0.1, -0.05) is 12.2 Å². The van der Waals surface area contributed by atoms with Gasteiger partial charge in [-0.15, -0.1) is 0 Å². The van der Waals surface area contributed by atoms with Gasteiger partial charge in [0.15, 0.2) is 0 Å². The number of non-ortho nitro benzene ring substituents is 1. The molecule has 0 saturated carbocycles. The zero-order valence-corrected chi connectivity index (χ0v) is 16.1. The Balaban J connectivity index is 2.06. The van der Waals surface area contributed by atoms with Crippen molar-refractivity contribution in [2.24, 2.45) is 0 Å². The van der Waals surface area contributed by atoms with Crippen LogP contribution in [0, 0.1) is 14.8 Å². The van der Waals surface area contributed by atoms with E-state index in [9.17, 15) is 10.1 Å². The largest absolute Gasteiger partial charge is 0.340 e. The van der Waals surface area contributed by atoms with Gasteiger partial charge in [0.1, 0.15) is 10.5 Å². The van der Waals surface area contributed by atoms with Crippen LogP contribution in [0.5, 0.6) is 0 Å². The summed E-state index contributed by atoms with van der Waals surface area (Å²) in [5, 5.41) is 10.9. The molecule has 1 N–H and O–H groups in total. The maximum atomic E-state index is 10.9. The molecule has 0 spiro atoms. The lowest BCUT2D eigenvalue weighted by atomic mass is 9.96. The van der Waals surface area contributed by atoms with Crippen molar-refractivity contribution in [2.45, 2.75) is 38.6 Å². The van der Waals surface area contributed by atoms with Crippen LogP contribution in [0.1, 0.15) is 30.5 Å². The number of hydrogen-bond donors (Lipinski definition) is 1. The number of rotatable bonds is 6. The van der Waals surface area contributed by atoms with Crippen molar-refractivity contribution in [1.82, 2.24) is 9.55 Å². The highest BCUT2D eigenvalue weighted by molar-refractivity contribution is 7.71. The Morgan fingerprint density at radius 1 is 1.23 bits per heavy atom. The zero-order chi connectivity index (χ0) is 18.7. The molecule has 0 saturated heterocycles.